The van der Waals surface area contributed by atoms with Crippen molar-refractivity contribution in [3.8, 4) is 0 Å². The van der Waals surface area contributed by atoms with E-state index >= 15 is 0 Å². The number of hydrogen-bond acceptors (Lipinski definition) is 3. The monoisotopic (exact) mass is 292 g/mol. The van der Waals surface area contributed by atoms with Gasteiger partial charge in [-0.05, 0) is 37.1 Å². The number of benzene rings is 1. The van der Waals surface area contributed by atoms with Crippen LogP contribution in [-0.2, 0) is 10.0 Å². The molecule has 1 unspecified atom stereocenters. The van der Waals surface area contributed by atoms with Crippen molar-refractivity contribution in [1.82, 2.24) is 4.72 Å². The van der Waals surface area contributed by atoms with Gasteiger partial charge in [-0.2, -0.15) is 0 Å². The lowest BCUT2D eigenvalue weighted by Crippen LogP contribution is -2.30. The fraction of sp³-hybridized carbons (Fsp3) is 0.500. The van der Waals surface area contributed by atoms with Crippen LogP contribution in [0.3, 0.4) is 0 Å². The van der Waals surface area contributed by atoms with Crippen LogP contribution in [0.4, 0.5) is 8.78 Å². The van der Waals surface area contributed by atoms with Crippen LogP contribution >= 0.6 is 0 Å². The molecular formula is C12H18F2N2O2S. The third-order valence-corrected chi connectivity index (χ3v) is 4.34. The minimum Gasteiger partial charge on any atom is -0.330 e. The van der Waals surface area contributed by atoms with Crippen molar-refractivity contribution < 1.29 is 17.2 Å². The molecule has 3 N–H and O–H groups in total. The third kappa shape index (κ3) is 4.52. The highest BCUT2D eigenvalue weighted by molar-refractivity contribution is 7.89. The van der Waals surface area contributed by atoms with Gasteiger partial charge in [-0.15, -0.1) is 0 Å². The van der Waals surface area contributed by atoms with Crippen molar-refractivity contribution in [1.29, 1.82) is 0 Å². The fourth-order valence-electron chi connectivity index (χ4n) is 1.64. The van der Waals surface area contributed by atoms with E-state index in [-0.39, 0.29) is 17.4 Å². The highest BCUT2D eigenvalue weighted by Gasteiger charge is 2.17. The van der Waals surface area contributed by atoms with Crippen LogP contribution in [0.15, 0.2) is 23.1 Å². The molecule has 0 aliphatic heterocycles. The Labute approximate surface area is 112 Å². The molecule has 0 fully saturated rings. The summed E-state index contributed by atoms with van der Waals surface area (Å²) in [6, 6.07) is 2.49. The molecule has 0 aliphatic rings. The maximum absolute atomic E-state index is 13.0. The van der Waals surface area contributed by atoms with E-state index in [1.807, 2.05) is 6.92 Å². The van der Waals surface area contributed by atoms with Crippen molar-refractivity contribution in [3.05, 3.63) is 29.8 Å². The molecule has 0 aromatic heterocycles. The lowest BCUT2D eigenvalue weighted by atomic mass is 10.0. The molecule has 0 amide bonds. The Morgan fingerprint density at radius 3 is 2.53 bits per heavy atom. The van der Waals surface area contributed by atoms with Crippen molar-refractivity contribution >= 4 is 10.0 Å². The summed E-state index contributed by atoms with van der Waals surface area (Å²) in [6.07, 6.45) is 1.49. The Morgan fingerprint density at radius 1 is 1.32 bits per heavy atom. The van der Waals surface area contributed by atoms with Gasteiger partial charge in [-0.1, -0.05) is 13.3 Å². The Bertz CT molecular complexity index is 520. The fourth-order valence-corrected chi connectivity index (χ4v) is 2.77. The summed E-state index contributed by atoms with van der Waals surface area (Å²) < 4.78 is 51.9. The molecule has 4 nitrogen and oxygen atoms in total. The lowest BCUT2D eigenvalue weighted by Gasteiger charge is -2.14. The summed E-state index contributed by atoms with van der Waals surface area (Å²) in [7, 11) is -3.82. The summed E-state index contributed by atoms with van der Waals surface area (Å²) in [6.45, 7) is 2.65. The average molecular weight is 292 g/mol. The third-order valence-electron chi connectivity index (χ3n) is 2.92. The van der Waals surface area contributed by atoms with Gasteiger partial charge in [0.15, 0.2) is 11.6 Å². The molecule has 108 valence electrons. The predicted molar refractivity (Wildman–Crippen MR) is 69.0 cm³/mol. The minimum atomic E-state index is -3.82. The van der Waals surface area contributed by atoms with E-state index in [2.05, 4.69) is 4.72 Å². The van der Waals surface area contributed by atoms with E-state index < -0.39 is 21.7 Å². The standard InChI is InChI=1S/C12H18F2N2O2S/c1-2-9(5-6-15)8-16-19(17,18)10-3-4-11(13)12(14)7-10/h3-4,7,9,16H,2,5-6,8,15H2,1H3. The minimum absolute atomic E-state index is 0.130. The van der Waals surface area contributed by atoms with Gasteiger partial charge in [0.25, 0.3) is 0 Å². The van der Waals surface area contributed by atoms with E-state index in [4.69, 9.17) is 5.73 Å². The van der Waals surface area contributed by atoms with Crippen LogP contribution in [0.25, 0.3) is 0 Å². The number of hydrogen-bond donors (Lipinski definition) is 2. The highest BCUT2D eigenvalue weighted by atomic mass is 32.2. The first-order chi connectivity index (χ1) is 8.90. The van der Waals surface area contributed by atoms with Crippen LogP contribution < -0.4 is 10.5 Å². The number of nitrogens with two attached hydrogens (primary N) is 1. The van der Waals surface area contributed by atoms with Crippen molar-refractivity contribution in [2.75, 3.05) is 13.1 Å². The molecule has 0 saturated heterocycles. The molecule has 0 bridgehead atoms. The zero-order valence-corrected chi connectivity index (χ0v) is 11.5. The van der Waals surface area contributed by atoms with Crippen LogP contribution in [0.5, 0.6) is 0 Å². The smallest absolute Gasteiger partial charge is 0.240 e. The van der Waals surface area contributed by atoms with E-state index in [9.17, 15) is 17.2 Å². The molecule has 0 aliphatic carbocycles. The zero-order valence-electron chi connectivity index (χ0n) is 10.7. The summed E-state index contributed by atoms with van der Waals surface area (Å²) in [5.41, 5.74) is 5.42. The Balaban J connectivity index is 2.78. The predicted octanol–water partition coefficient (Wildman–Crippen LogP) is 1.62. The molecule has 1 aromatic carbocycles. The topological polar surface area (TPSA) is 72.2 Å². The second kappa shape index (κ2) is 6.93. The van der Waals surface area contributed by atoms with Crippen molar-refractivity contribution in [2.24, 2.45) is 11.7 Å². The molecule has 19 heavy (non-hydrogen) atoms. The lowest BCUT2D eigenvalue weighted by molar-refractivity contribution is 0.465. The van der Waals surface area contributed by atoms with Crippen LogP contribution in [0.1, 0.15) is 19.8 Å². The van der Waals surface area contributed by atoms with Crippen molar-refractivity contribution in [2.45, 2.75) is 24.7 Å². The maximum atomic E-state index is 13.0. The molecule has 0 heterocycles. The molecule has 0 saturated carbocycles. The van der Waals surface area contributed by atoms with Gasteiger partial charge in [-0.25, -0.2) is 21.9 Å². The van der Waals surface area contributed by atoms with Gasteiger partial charge < -0.3 is 5.73 Å². The number of nitrogens with one attached hydrogen (secondary N) is 1. The van der Waals surface area contributed by atoms with Gasteiger partial charge in [0.05, 0.1) is 4.90 Å². The SMILES string of the molecule is CCC(CCN)CNS(=O)(=O)c1ccc(F)c(F)c1. The molecule has 7 heteroatoms. The quantitative estimate of drug-likeness (QED) is 0.802. The molecular weight excluding hydrogens is 274 g/mol. The Morgan fingerprint density at radius 2 is 2.00 bits per heavy atom. The normalized spacial score (nSPS) is 13.5. The largest absolute Gasteiger partial charge is 0.330 e. The summed E-state index contributed by atoms with van der Waals surface area (Å²) in [5, 5.41) is 0. The van der Waals surface area contributed by atoms with Crippen molar-refractivity contribution in [3.63, 3.8) is 0 Å². The van der Waals surface area contributed by atoms with Crippen LogP contribution in [0, 0.1) is 17.6 Å². The maximum Gasteiger partial charge on any atom is 0.240 e. The molecule has 1 aromatic rings. The molecule has 1 atom stereocenters. The highest BCUT2D eigenvalue weighted by Crippen LogP contribution is 2.14. The Kier molecular flexibility index (Phi) is 5.84. The number of rotatable bonds is 7. The van der Waals surface area contributed by atoms with Gasteiger partial charge in [0.2, 0.25) is 10.0 Å². The van der Waals surface area contributed by atoms with Crippen LogP contribution in [-0.4, -0.2) is 21.5 Å². The summed E-state index contributed by atoms with van der Waals surface area (Å²) in [4.78, 5) is -0.283. The van der Waals surface area contributed by atoms with Gasteiger partial charge in [0.1, 0.15) is 0 Å². The van der Waals surface area contributed by atoms with E-state index in [1.165, 1.54) is 0 Å². The molecule has 0 spiro atoms. The van der Waals surface area contributed by atoms with Gasteiger partial charge in [-0.3, -0.25) is 0 Å². The first-order valence-electron chi connectivity index (χ1n) is 6.05. The summed E-state index contributed by atoms with van der Waals surface area (Å²) in [5.74, 6) is -2.13. The van der Waals surface area contributed by atoms with Gasteiger partial charge in [0, 0.05) is 6.54 Å². The number of sulfonamides is 1. The van der Waals surface area contributed by atoms with E-state index in [0.717, 1.165) is 18.6 Å². The second-order valence-electron chi connectivity index (χ2n) is 4.28. The van der Waals surface area contributed by atoms with Crippen LogP contribution in [0.2, 0.25) is 0 Å². The van der Waals surface area contributed by atoms with Gasteiger partial charge >= 0.3 is 0 Å². The average Bonchev–Trinajstić information content (AvgIpc) is 2.37. The van der Waals surface area contributed by atoms with E-state index in [1.54, 1.807) is 0 Å². The molecule has 0 radical (unpaired) electrons. The summed E-state index contributed by atoms with van der Waals surface area (Å²) >= 11 is 0. The zero-order chi connectivity index (χ0) is 14.5. The van der Waals surface area contributed by atoms with E-state index in [0.29, 0.717) is 19.0 Å². The Hall–Kier alpha value is -1.05. The second-order valence-corrected chi connectivity index (χ2v) is 6.05. The molecule has 1 rings (SSSR count). The number of halogens is 2. The first kappa shape index (κ1) is 16.0. The first-order valence-corrected chi connectivity index (χ1v) is 7.53.